The van der Waals surface area contributed by atoms with Crippen molar-refractivity contribution in [1.29, 1.82) is 0 Å². The first-order valence-electron chi connectivity index (χ1n) is 8.27. The quantitative estimate of drug-likeness (QED) is 0.887. The van der Waals surface area contributed by atoms with E-state index in [2.05, 4.69) is 4.90 Å². The third kappa shape index (κ3) is 4.46. The highest BCUT2D eigenvalue weighted by atomic mass is 35.5. The molecule has 1 amide bonds. The molecule has 1 aliphatic rings. The van der Waals surface area contributed by atoms with Gasteiger partial charge in [0.25, 0.3) is 0 Å². The molecule has 0 spiro atoms. The molecule has 2 aromatic carbocycles. The monoisotopic (exact) mass is 374 g/mol. The second-order valence-electron chi connectivity index (χ2n) is 6.01. The van der Waals surface area contributed by atoms with Crippen LogP contribution < -0.4 is 4.90 Å². The molecule has 136 valence electrons. The third-order valence-corrected chi connectivity index (χ3v) is 4.52. The molecular weight excluding hydrogens is 356 g/mol. The number of benzene rings is 2. The lowest BCUT2D eigenvalue weighted by atomic mass is 10.1. The first-order chi connectivity index (χ1) is 12.5. The van der Waals surface area contributed by atoms with Gasteiger partial charge in [-0.3, -0.25) is 0 Å². The summed E-state index contributed by atoms with van der Waals surface area (Å²) in [6, 6.07) is 14.0. The van der Waals surface area contributed by atoms with Gasteiger partial charge in [0, 0.05) is 36.9 Å². The van der Waals surface area contributed by atoms with Crippen molar-refractivity contribution < 1.29 is 19.4 Å². The first-order valence-corrected chi connectivity index (χ1v) is 8.65. The number of ether oxygens (including phenoxy) is 1. The molecule has 0 saturated carbocycles. The number of nitrogens with zero attached hydrogens (tertiary/aromatic N) is 2. The van der Waals surface area contributed by atoms with Crippen LogP contribution in [0.25, 0.3) is 0 Å². The number of hydrogen-bond acceptors (Lipinski definition) is 4. The van der Waals surface area contributed by atoms with E-state index in [9.17, 15) is 9.59 Å². The minimum absolute atomic E-state index is 0.205. The highest BCUT2D eigenvalue weighted by Gasteiger charge is 2.22. The standard InChI is InChI=1S/C19H19ClN2O4/c20-16-6-4-14(5-7-16)13-26-19(25)22-10-8-21(9-11-22)17-3-1-2-15(12-17)18(23)24/h1-7,12H,8-11,13H2,(H,23,24). The number of hydrogen-bond donors (Lipinski definition) is 1. The molecule has 3 rings (SSSR count). The smallest absolute Gasteiger partial charge is 0.410 e. The molecule has 26 heavy (non-hydrogen) atoms. The molecule has 0 bridgehead atoms. The number of anilines is 1. The predicted octanol–water partition coefficient (Wildman–Crippen LogP) is 3.50. The van der Waals surface area contributed by atoms with Gasteiger partial charge in [-0.15, -0.1) is 0 Å². The molecule has 0 atom stereocenters. The average Bonchev–Trinajstić information content (AvgIpc) is 2.67. The fourth-order valence-corrected chi connectivity index (χ4v) is 2.93. The zero-order valence-corrected chi connectivity index (χ0v) is 14.9. The Morgan fingerprint density at radius 1 is 1.04 bits per heavy atom. The van der Waals surface area contributed by atoms with Crippen LogP contribution in [-0.2, 0) is 11.3 Å². The van der Waals surface area contributed by atoms with Crippen molar-refractivity contribution in [3.05, 3.63) is 64.7 Å². The molecule has 7 heteroatoms. The number of rotatable bonds is 4. The van der Waals surface area contributed by atoms with Gasteiger partial charge in [0.1, 0.15) is 6.61 Å². The van der Waals surface area contributed by atoms with Crippen molar-refractivity contribution in [3.8, 4) is 0 Å². The normalized spacial score (nSPS) is 14.2. The third-order valence-electron chi connectivity index (χ3n) is 4.27. The zero-order valence-electron chi connectivity index (χ0n) is 14.1. The van der Waals surface area contributed by atoms with Crippen LogP contribution in [0, 0.1) is 0 Å². The Labute approximate surface area is 156 Å². The number of aromatic carboxylic acids is 1. The van der Waals surface area contributed by atoms with E-state index in [1.54, 1.807) is 35.2 Å². The van der Waals surface area contributed by atoms with E-state index in [1.165, 1.54) is 0 Å². The maximum absolute atomic E-state index is 12.2. The van der Waals surface area contributed by atoms with Crippen LogP contribution in [0.1, 0.15) is 15.9 Å². The molecule has 0 radical (unpaired) electrons. The molecule has 1 aliphatic heterocycles. The number of carboxylic acid groups (broad SMARTS) is 1. The lowest BCUT2D eigenvalue weighted by molar-refractivity contribution is 0.0696. The number of carbonyl (C=O) groups excluding carboxylic acids is 1. The Balaban J connectivity index is 1.51. The summed E-state index contributed by atoms with van der Waals surface area (Å²) in [6.45, 7) is 2.50. The Bertz CT molecular complexity index is 786. The van der Waals surface area contributed by atoms with E-state index in [0.717, 1.165) is 11.3 Å². The molecule has 6 nitrogen and oxygen atoms in total. The van der Waals surface area contributed by atoms with Gasteiger partial charge < -0.3 is 19.6 Å². The van der Waals surface area contributed by atoms with Gasteiger partial charge >= 0.3 is 12.1 Å². The number of piperazine rings is 1. The number of carboxylic acids is 1. The molecule has 2 aromatic rings. The first kappa shape index (κ1) is 18.1. The summed E-state index contributed by atoms with van der Waals surface area (Å²) in [5.41, 5.74) is 1.98. The van der Waals surface area contributed by atoms with Crippen molar-refractivity contribution in [3.63, 3.8) is 0 Å². The largest absolute Gasteiger partial charge is 0.478 e. The predicted molar refractivity (Wildman–Crippen MR) is 98.8 cm³/mol. The summed E-state index contributed by atoms with van der Waals surface area (Å²) in [7, 11) is 0. The fourth-order valence-electron chi connectivity index (χ4n) is 2.80. The van der Waals surface area contributed by atoms with Crippen LogP contribution in [0.2, 0.25) is 5.02 Å². The lowest BCUT2D eigenvalue weighted by Gasteiger charge is -2.35. The molecule has 0 aliphatic carbocycles. The van der Waals surface area contributed by atoms with Crippen molar-refractivity contribution in [2.45, 2.75) is 6.61 Å². The number of carbonyl (C=O) groups is 2. The molecular formula is C19H19ClN2O4. The summed E-state index contributed by atoms with van der Waals surface area (Å²) in [5.74, 6) is -0.948. The molecule has 0 unspecified atom stereocenters. The SMILES string of the molecule is O=C(O)c1cccc(N2CCN(C(=O)OCc3ccc(Cl)cc3)CC2)c1. The lowest BCUT2D eigenvalue weighted by Crippen LogP contribution is -2.49. The van der Waals surface area contributed by atoms with Gasteiger partial charge in [-0.05, 0) is 35.9 Å². The number of amides is 1. The molecule has 1 fully saturated rings. The highest BCUT2D eigenvalue weighted by Crippen LogP contribution is 2.19. The van der Waals surface area contributed by atoms with E-state index in [-0.39, 0.29) is 18.3 Å². The second kappa shape index (κ2) is 8.10. The van der Waals surface area contributed by atoms with Gasteiger partial charge in [0.2, 0.25) is 0 Å². The van der Waals surface area contributed by atoms with E-state index in [0.29, 0.717) is 31.2 Å². The van der Waals surface area contributed by atoms with E-state index >= 15 is 0 Å². The van der Waals surface area contributed by atoms with Gasteiger partial charge in [0.05, 0.1) is 5.56 Å². The number of halogens is 1. The van der Waals surface area contributed by atoms with Crippen LogP contribution in [-0.4, -0.2) is 48.2 Å². The average molecular weight is 375 g/mol. The van der Waals surface area contributed by atoms with Gasteiger partial charge in [-0.25, -0.2) is 9.59 Å². The van der Waals surface area contributed by atoms with Crippen molar-refractivity contribution in [2.24, 2.45) is 0 Å². The van der Waals surface area contributed by atoms with Gasteiger partial charge in [-0.1, -0.05) is 29.8 Å². The molecule has 0 aromatic heterocycles. The van der Waals surface area contributed by atoms with Crippen LogP contribution in [0.15, 0.2) is 48.5 Å². The zero-order chi connectivity index (χ0) is 18.5. The Hall–Kier alpha value is -2.73. The van der Waals surface area contributed by atoms with Crippen molar-refractivity contribution in [2.75, 3.05) is 31.1 Å². The van der Waals surface area contributed by atoms with Crippen LogP contribution in [0.5, 0.6) is 0 Å². The molecule has 1 heterocycles. The van der Waals surface area contributed by atoms with E-state index in [1.807, 2.05) is 18.2 Å². The maximum Gasteiger partial charge on any atom is 0.410 e. The topological polar surface area (TPSA) is 70.1 Å². The highest BCUT2D eigenvalue weighted by molar-refractivity contribution is 6.30. The Morgan fingerprint density at radius 2 is 1.73 bits per heavy atom. The van der Waals surface area contributed by atoms with Crippen LogP contribution in [0.4, 0.5) is 10.5 Å². The summed E-state index contributed by atoms with van der Waals surface area (Å²) in [4.78, 5) is 27.0. The van der Waals surface area contributed by atoms with E-state index in [4.69, 9.17) is 21.4 Å². The van der Waals surface area contributed by atoms with Crippen molar-refractivity contribution in [1.82, 2.24) is 4.90 Å². The van der Waals surface area contributed by atoms with Gasteiger partial charge in [0.15, 0.2) is 0 Å². The second-order valence-corrected chi connectivity index (χ2v) is 6.45. The van der Waals surface area contributed by atoms with E-state index < -0.39 is 5.97 Å². The summed E-state index contributed by atoms with van der Waals surface area (Å²) >= 11 is 5.83. The summed E-state index contributed by atoms with van der Waals surface area (Å²) in [6.07, 6.45) is -0.348. The van der Waals surface area contributed by atoms with Crippen LogP contribution in [0.3, 0.4) is 0 Å². The molecule has 1 N–H and O–H groups in total. The molecule has 1 saturated heterocycles. The Kier molecular flexibility index (Phi) is 5.63. The summed E-state index contributed by atoms with van der Waals surface area (Å²) < 4.78 is 5.35. The Morgan fingerprint density at radius 3 is 2.38 bits per heavy atom. The van der Waals surface area contributed by atoms with Gasteiger partial charge in [-0.2, -0.15) is 0 Å². The van der Waals surface area contributed by atoms with Crippen molar-refractivity contribution >= 4 is 29.4 Å². The fraction of sp³-hybridized carbons (Fsp3) is 0.263. The van der Waals surface area contributed by atoms with Crippen LogP contribution >= 0.6 is 11.6 Å². The maximum atomic E-state index is 12.2. The summed E-state index contributed by atoms with van der Waals surface area (Å²) in [5, 5.41) is 9.74. The minimum atomic E-state index is -0.948. The minimum Gasteiger partial charge on any atom is -0.478 e.